The van der Waals surface area contributed by atoms with Crippen molar-refractivity contribution in [1.29, 1.82) is 0 Å². The van der Waals surface area contributed by atoms with E-state index < -0.39 is 5.97 Å². The lowest BCUT2D eigenvalue weighted by Gasteiger charge is -2.08. The molecule has 0 radical (unpaired) electrons. The van der Waals surface area contributed by atoms with Gasteiger partial charge in [0.2, 0.25) is 0 Å². The zero-order valence-corrected chi connectivity index (χ0v) is 11.4. The summed E-state index contributed by atoms with van der Waals surface area (Å²) < 4.78 is 5.09. The van der Waals surface area contributed by atoms with Gasteiger partial charge in [-0.25, -0.2) is 9.78 Å². The van der Waals surface area contributed by atoms with Crippen LogP contribution in [-0.4, -0.2) is 23.2 Å². The van der Waals surface area contributed by atoms with Crippen molar-refractivity contribution in [1.82, 2.24) is 4.98 Å². The summed E-state index contributed by atoms with van der Waals surface area (Å²) in [6.45, 7) is 2.30. The average Bonchev–Trinajstić information content (AvgIpc) is 2.45. The second-order valence-electron chi connectivity index (χ2n) is 4.34. The predicted octanol–water partition coefficient (Wildman–Crippen LogP) is 2.71. The minimum atomic E-state index is -0.961. The van der Waals surface area contributed by atoms with Gasteiger partial charge in [0.05, 0.1) is 18.4 Å². The first-order chi connectivity index (χ1) is 9.60. The third kappa shape index (κ3) is 3.26. The molecule has 0 spiro atoms. The molecule has 1 aromatic carbocycles. The van der Waals surface area contributed by atoms with Crippen molar-refractivity contribution in [2.75, 3.05) is 12.4 Å². The highest BCUT2D eigenvalue weighted by molar-refractivity contribution is 5.89. The maximum absolute atomic E-state index is 10.9. The molecule has 104 valence electrons. The number of carboxylic acid groups (broad SMARTS) is 1. The number of ether oxygens (including phenoxy) is 1. The molecule has 5 heteroatoms. The molecule has 2 rings (SSSR count). The van der Waals surface area contributed by atoms with Gasteiger partial charge in [-0.05, 0) is 36.8 Å². The first kappa shape index (κ1) is 13.9. The Labute approximate surface area is 117 Å². The van der Waals surface area contributed by atoms with Crippen molar-refractivity contribution in [2.24, 2.45) is 0 Å². The zero-order valence-electron chi connectivity index (χ0n) is 11.4. The van der Waals surface area contributed by atoms with Crippen molar-refractivity contribution < 1.29 is 14.6 Å². The smallest absolute Gasteiger partial charge is 0.337 e. The van der Waals surface area contributed by atoms with Crippen LogP contribution in [0.15, 0.2) is 36.4 Å². The third-order valence-electron chi connectivity index (χ3n) is 2.95. The number of methoxy groups -OCH3 is 1. The average molecular weight is 272 g/mol. The molecule has 0 amide bonds. The summed E-state index contributed by atoms with van der Waals surface area (Å²) in [7, 11) is 1.63. The number of carboxylic acids is 1. The summed E-state index contributed by atoms with van der Waals surface area (Å²) in [6.07, 6.45) is 0. The SMILES string of the molecule is COc1ccc(CNc2ccc(C(=O)O)c(C)n2)cc1. The molecule has 0 fully saturated rings. The van der Waals surface area contributed by atoms with E-state index >= 15 is 0 Å². The Hall–Kier alpha value is -2.56. The molecule has 5 nitrogen and oxygen atoms in total. The number of aromatic nitrogens is 1. The Morgan fingerprint density at radius 2 is 1.95 bits per heavy atom. The number of benzene rings is 1. The number of carbonyl (C=O) groups is 1. The van der Waals surface area contributed by atoms with Crippen molar-refractivity contribution in [2.45, 2.75) is 13.5 Å². The number of rotatable bonds is 5. The van der Waals surface area contributed by atoms with Crippen LogP contribution in [0.1, 0.15) is 21.6 Å². The number of anilines is 1. The van der Waals surface area contributed by atoms with Gasteiger partial charge in [0, 0.05) is 6.54 Å². The number of nitrogens with one attached hydrogen (secondary N) is 1. The van der Waals surface area contributed by atoms with E-state index in [4.69, 9.17) is 9.84 Å². The molecule has 20 heavy (non-hydrogen) atoms. The van der Waals surface area contributed by atoms with Gasteiger partial charge in [-0.1, -0.05) is 12.1 Å². The van der Waals surface area contributed by atoms with Crippen LogP contribution < -0.4 is 10.1 Å². The van der Waals surface area contributed by atoms with Gasteiger partial charge in [0.25, 0.3) is 0 Å². The molecule has 0 saturated carbocycles. The van der Waals surface area contributed by atoms with Crippen molar-refractivity contribution in [3.63, 3.8) is 0 Å². The molecule has 0 bridgehead atoms. The van der Waals surface area contributed by atoms with Crippen molar-refractivity contribution >= 4 is 11.8 Å². The molecule has 0 saturated heterocycles. The minimum Gasteiger partial charge on any atom is -0.497 e. The molecule has 0 aliphatic carbocycles. The Balaban J connectivity index is 2.03. The first-order valence-corrected chi connectivity index (χ1v) is 6.18. The Morgan fingerprint density at radius 1 is 1.25 bits per heavy atom. The quantitative estimate of drug-likeness (QED) is 0.875. The van der Waals surface area contributed by atoms with E-state index in [0.29, 0.717) is 18.1 Å². The molecule has 0 unspecified atom stereocenters. The van der Waals surface area contributed by atoms with Crippen LogP contribution in [0, 0.1) is 6.92 Å². The predicted molar refractivity (Wildman–Crippen MR) is 76.3 cm³/mol. The van der Waals surface area contributed by atoms with Gasteiger partial charge in [0.1, 0.15) is 11.6 Å². The number of pyridine rings is 1. The lowest BCUT2D eigenvalue weighted by Crippen LogP contribution is -2.06. The normalized spacial score (nSPS) is 10.1. The second kappa shape index (κ2) is 6.06. The number of nitrogens with zero attached hydrogens (tertiary/aromatic N) is 1. The summed E-state index contributed by atoms with van der Waals surface area (Å²) >= 11 is 0. The monoisotopic (exact) mass is 272 g/mol. The van der Waals surface area contributed by atoms with Crippen LogP contribution in [0.25, 0.3) is 0 Å². The number of hydrogen-bond donors (Lipinski definition) is 2. The van der Waals surface area contributed by atoms with Gasteiger partial charge >= 0.3 is 5.97 Å². The molecule has 2 aromatic rings. The number of aromatic carboxylic acids is 1. The van der Waals surface area contributed by atoms with Gasteiger partial charge < -0.3 is 15.2 Å². The molecule has 1 aromatic heterocycles. The summed E-state index contributed by atoms with van der Waals surface area (Å²) in [5.41, 5.74) is 1.81. The highest BCUT2D eigenvalue weighted by atomic mass is 16.5. The lowest BCUT2D eigenvalue weighted by molar-refractivity contribution is 0.0695. The second-order valence-corrected chi connectivity index (χ2v) is 4.34. The maximum Gasteiger partial charge on any atom is 0.337 e. The fourth-order valence-electron chi connectivity index (χ4n) is 1.82. The molecule has 0 atom stereocenters. The highest BCUT2D eigenvalue weighted by Crippen LogP contribution is 2.14. The first-order valence-electron chi connectivity index (χ1n) is 6.18. The molecular formula is C15H16N2O3. The zero-order chi connectivity index (χ0) is 14.5. The Bertz CT molecular complexity index is 609. The van der Waals surface area contributed by atoms with E-state index in [2.05, 4.69) is 10.3 Å². The summed E-state index contributed by atoms with van der Waals surface area (Å²) in [4.78, 5) is 15.1. The van der Waals surface area contributed by atoms with E-state index in [-0.39, 0.29) is 5.56 Å². The summed E-state index contributed by atoms with van der Waals surface area (Å²) in [5, 5.41) is 12.1. The van der Waals surface area contributed by atoms with Crippen molar-refractivity contribution in [3.8, 4) is 5.75 Å². The minimum absolute atomic E-state index is 0.222. The van der Waals surface area contributed by atoms with Gasteiger partial charge in [0.15, 0.2) is 0 Å². The van der Waals surface area contributed by atoms with Gasteiger partial charge in [-0.2, -0.15) is 0 Å². The van der Waals surface area contributed by atoms with Gasteiger partial charge in [-0.3, -0.25) is 0 Å². The summed E-state index contributed by atoms with van der Waals surface area (Å²) in [6, 6.07) is 10.9. The maximum atomic E-state index is 10.9. The molecule has 0 aliphatic heterocycles. The van der Waals surface area contributed by atoms with Crippen molar-refractivity contribution in [3.05, 3.63) is 53.2 Å². The van der Waals surface area contributed by atoms with Crippen LogP contribution in [-0.2, 0) is 6.54 Å². The largest absolute Gasteiger partial charge is 0.497 e. The topological polar surface area (TPSA) is 71.5 Å². The van der Waals surface area contributed by atoms with E-state index in [0.717, 1.165) is 11.3 Å². The fraction of sp³-hybridized carbons (Fsp3) is 0.200. The Morgan fingerprint density at radius 3 is 2.50 bits per heavy atom. The van der Waals surface area contributed by atoms with Crippen LogP contribution in [0.5, 0.6) is 5.75 Å². The molecule has 2 N–H and O–H groups in total. The fourth-order valence-corrected chi connectivity index (χ4v) is 1.82. The molecular weight excluding hydrogens is 256 g/mol. The highest BCUT2D eigenvalue weighted by Gasteiger charge is 2.08. The van der Waals surface area contributed by atoms with Crippen LogP contribution in [0.4, 0.5) is 5.82 Å². The van der Waals surface area contributed by atoms with E-state index in [1.165, 1.54) is 0 Å². The standard InChI is InChI=1S/C15H16N2O3/c1-10-13(15(18)19)7-8-14(17-10)16-9-11-3-5-12(20-2)6-4-11/h3-8H,9H2,1-2H3,(H,16,17)(H,18,19). The number of aryl methyl sites for hydroxylation is 1. The van der Waals surface area contributed by atoms with E-state index in [1.54, 1.807) is 26.2 Å². The van der Waals surface area contributed by atoms with E-state index in [9.17, 15) is 4.79 Å². The lowest BCUT2D eigenvalue weighted by atomic mass is 10.2. The van der Waals surface area contributed by atoms with E-state index in [1.807, 2.05) is 24.3 Å². The van der Waals surface area contributed by atoms with Crippen LogP contribution in [0.2, 0.25) is 0 Å². The Kier molecular flexibility index (Phi) is 4.20. The number of hydrogen-bond acceptors (Lipinski definition) is 4. The summed E-state index contributed by atoms with van der Waals surface area (Å²) in [5.74, 6) is 0.508. The molecule has 1 heterocycles. The van der Waals surface area contributed by atoms with Crippen LogP contribution >= 0.6 is 0 Å². The van der Waals surface area contributed by atoms with Crippen LogP contribution in [0.3, 0.4) is 0 Å². The van der Waals surface area contributed by atoms with Gasteiger partial charge in [-0.15, -0.1) is 0 Å². The third-order valence-corrected chi connectivity index (χ3v) is 2.95. The molecule has 0 aliphatic rings.